The number of hydrogen-bond acceptors (Lipinski definition) is 6. The van der Waals surface area contributed by atoms with E-state index < -0.39 is 18.3 Å². The van der Waals surface area contributed by atoms with Gasteiger partial charge in [-0.3, -0.25) is 4.99 Å². The van der Waals surface area contributed by atoms with Crippen LogP contribution in [0.3, 0.4) is 0 Å². The Morgan fingerprint density at radius 2 is 2.05 bits per heavy atom. The third kappa shape index (κ3) is 3.12. The van der Waals surface area contributed by atoms with Crippen molar-refractivity contribution in [2.75, 3.05) is 13.2 Å². The van der Waals surface area contributed by atoms with Gasteiger partial charge in [-0.1, -0.05) is 24.6 Å². The van der Waals surface area contributed by atoms with Crippen LogP contribution in [0.25, 0.3) is 0 Å². The van der Waals surface area contributed by atoms with Gasteiger partial charge in [-0.15, -0.1) is 0 Å². The van der Waals surface area contributed by atoms with Crippen LogP contribution < -0.4 is 5.32 Å². The third-order valence-electron chi connectivity index (χ3n) is 4.12. The van der Waals surface area contributed by atoms with Gasteiger partial charge in [-0.2, -0.15) is 0 Å². The summed E-state index contributed by atoms with van der Waals surface area (Å²) < 4.78 is 5.75. The van der Waals surface area contributed by atoms with Gasteiger partial charge in [0.2, 0.25) is 0 Å². The van der Waals surface area contributed by atoms with E-state index in [1.54, 1.807) is 0 Å². The first-order valence-electron chi connectivity index (χ1n) is 7.29. The van der Waals surface area contributed by atoms with Gasteiger partial charge in [0.15, 0.2) is 5.17 Å². The van der Waals surface area contributed by atoms with Crippen LogP contribution in [0.1, 0.15) is 25.7 Å². The molecule has 4 N–H and O–H groups in total. The molecule has 20 heavy (non-hydrogen) atoms. The number of aliphatic hydroxyl groups excluding tert-OH is 3. The fraction of sp³-hybridized carbons (Fsp3) is 0.923. The zero-order valence-electron chi connectivity index (χ0n) is 11.3. The maximum atomic E-state index is 10.1. The molecule has 0 unspecified atom stereocenters. The molecule has 5 atom stereocenters. The van der Waals surface area contributed by atoms with Crippen molar-refractivity contribution in [1.29, 1.82) is 0 Å². The van der Waals surface area contributed by atoms with Crippen molar-refractivity contribution in [2.45, 2.75) is 55.5 Å². The Labute approximate surface area is 122 Å². The van der Waals surface area contributed by atoms with Crippen molar-refractivity contribution in [1.82, 2.24) is 5.32 Å². The fourth-order valence-electron chi connectivity index (χ4n) is 2.68. The highest BCUT2D eigenvalue weighted by Crippen LogP contribution is 2.35. The molecule has 0 radical (unpaired) electrons. The van der Waals surface area contributed by atoms with Crippen molar-refractivity contribution in [2.24, 2.45) is 10.9 Å². The van der Waals surface area contributed by atoms with Crippen molar-refractivity contribution in [3.8, 4) is 0 Å². The minimum atomic E-state index is -0.970. The van der Waals surface area contributed by atoms with Crippen LogP contribution in [0.4, 0.5) is 0 Å². The van der Waals surface area contributed by atoms with Gasteiger partial charge < -0.3 is 25.4 Å². The number of rotatable bonds is 5. The summed E-state index contributed by atoms with van der Waals surface area (Å²) in [6.45, 7) is 0.740. The van der Waals surface area contributed by atoms with Gasteiger partial charge in [0.1, 0.15) is 17.6 Å². The number of ether oxygens (including phenoxy) is 1. The van der Waals surface area contributed by atoms with Crippen molar-refractivity contribution in [3.05, 3.63) is 0 Å². The summed E-state index contributed by atoms with van der Waals surface area (Å²) >= 11 is 1.47. The number of nitrogens with one attached hydrogen (secondary N) is 1. The molecule has 0 aromatic rings. The number of aliphatic hydroxyl groups is 3. The molecule has 0 amide bonds. The lowest BCUT2D eigenvalue weighted by atomic mass is 9.96. The minimum absolute atomic E-state index is 0.0632. The molecule has 0 aromatic carbocycles. The lowest BCUT2D eigenvalue weighted by Gasteiger charge is -2.38. The van der Waals surface area contributed by atoms with Crippen molar-refractivity contribution < 1.29 is 20.1 Å². The first-order valence-corrected chi connectivity index (χ1v) is 8.17. The molecule has 6 nitrogen and oxygen atoms in total. The Morgan fingerprint density at radius 3 is 2.75 bits per heavy atom. The molecule has 1 saturated carbocycles. The summed E-state index contributed by atoms with van der Waals surface area (Å²) in [5.74, 6) is 0.852. The van der Waals surface area contributed by atoms with Crippen LogP contribution >= 0.6 is 11.8 Å². The second kappa shape index (κ2) is 6.19. The van der Waals surface area contributed by atoms with Crippen LogP contribution in [0.2, 0.25) is 0 Å². The quantitative estimate of drug-likeness (QED) is 0.556. The summed E-state index contributed by atoms with van der Waals surface area (Å²) in [5, 5.41) is 33.0. The number of aliphatic imine (C=N–C) groups is 1. The van der Waals surface area contributed by atoms with E-state index in [-0.39, 0.29) is 18.1 Å². The van der Waals surface area contributed by atoms with E-state index in [9.17, 15) is 10.2 Å². The molecular weight excluding hydrogens is 280 g/mol. The highest BCUT2D eigenvalue weighted by molar-refractivity contribution is 8.14. The predicted octanol–water partition coefficient (Wildman–Crippen LogP) is -0.323. The predicted molar refractivity (Wildman–Crippen MR) is 76.5 cm³/mol. The molecule has 2 aliphatic heterocycles. The standard InChI is InChI=1S/C13H22N2O4S/c16-6-4-8-10(17)11(18)9-12(19-8)20-13(15-9)14-5-3-7-1-2-7/h7-12,16-18H,1-6H2,(H,14,15)/t8-,9-,10-,11-,12-/m1/s1. The summed E-state index contributed by atoms with van der Waals surface area (Å²) in [5.41, 5.74) is -0.246. The molecule has 0 spiro atoms. The number of hydrogen-bond donors (Lipinski definition) is 4. The molecule has 0 bridgehead atoms. The first-order chi connectivity index (χ1) is 9.69. The number of amidine groups is 1. The summed E-state index contributed by atoms with van der Waals surface area (Å²) in [6.07, 6.45) is 1.73. The van der Waals surface area contributed by atoms with Gasteiger partial charge in [0.25, 0.3) is 0 Å². The normalized spacial score (nSPS) is 42.5. The van der Waals surface area contributed by atoms with Gasteiger partial charge in [0, 0.05) is 13.2 Å². The SMILES string of the molecule is OCC[C@H]1O[C@@H]2SC(=NCCC3CC3)N[C@@H]2[C@@H](O)[C@@H]1O. The van der Waals surface area contributed by atoms with E-state index in [4.69, 9.17) is 9.84 Å². The van der Waals surface area contributed by atoms with E-state index in [2.05, 4.69) is 10.3 Å². The first kappa shape index (κ1) is 14.6. The van der Waals surface area contributed by atoms with E-state index in [1.807, 2.05) is 0 Å². The molecule has 114 valence electrons. The van der Waals surface area contributed by atoms with Crippen molar-refractivity contribution in [3.63, 3.8) is 0 Å². The Bertz CT molecular complexity index is 377. The van der Waals surface area contributed by atoms with Crippen LogP contribution in [0, 0.1) is 5.92 Å². The van der Waals surface area contributed by atoms with Crippen LogP contribution in [-0.4, -0.2) is 63.4 Å². The number of fused-ring (bicyclic) bond motifs is 1. The molecule has 3 aliphatic rings. The lowest BCUT2D eigenvalue weighted by Crippen LogP contribution is -2.58. The summed E-state index contributed by atoms with van der Waals surface area (Å²) in [4.78, 5) is 4.50. The molecule has 1 aliphatic carbocycles. The molecule has 2 saturated heterocycles. The fourth-order valence-corrected chi connectivity index (χ4v) is 3.84. The van der Waals surface area contributed by atoms with E-state index >= 15 is 0 Å². The largest absolute Gasteiger partial charge is 0.396 e. The van der Waals surface area contributed by atoms with Gasteiger partial charge in [0.05, 0.1) is 12.1 Å². The molecule has 0 aromatic heterocycles. The van der Waals surface area contributed by atoms with Crippen LogP contribution in [-0.2, 0) is 4.74 Å². The van der Waals surface area contributed by atoms with E-state index in [0.717, 1.165) is 24.1 Å². The van der Waals surface area contributed by atoms with E-state index in [1.165, 1.54) is 24.6 Å². The lowest BCUT2D eigenvalue weighted by molar-refractivity contribution is -0.160. The summed E-state index contributed by atoms with van der Waals surface area (Å²) in [6, 6.07) is -0.329. The highest BCUT2D eigenvalue weighted by Gasteiger charge is 2.48. The smallest absolute Gasteiger partial charge is 0.159 e. The molecular formula is C13H22N2O4S. The van der Waals surface area contributed by atoms with Crippen LogP contribution in [0.15, 0.2) is 4.99 Å². The monoisotopic (exact) mass is 302 g/mol. The zero-order chi connectivity index (χ0) is 14.1. The summed E-state index contributed by atoms with van der Waals surface area (Å²) in [7, 11) is 0. The number of nitrogens with zero attached hydrogens (tertiary/aromatic N) is 1. The third-order valence-corrected chi connectivity index (χ3v) is 5.23. The average Bonchev–Trinajstić information content (AvgIpc) is 3.16. The highest BCUT2D eigenvalue weighted by atomic mass is 32.2. The van der Waals surface area contributed by atoms with Gasteiger partial charge in [-0.25, -0.2) is 0 Å². The average molecular weight is 302 g/mol. The molecule has 7 heteroatoms. The Morgan fingerprint density at radius 1 is 1.25 bits per heavy atom. The van der Waals surface area contributed by atoms with Gasteiger partial charge >= 0.3 is 0 Å². The molecule has 3 fully saturated rings. The Balaban J connectivity index is 1.58. The topological polar surface area (TPSA) is 94.3 Å². The Hall–Kier alpha value is -0.340. The van der Waals surface area contributed by atoms with E-state index in [0.29, 0.717) is 6.42 Å². The minimum Gasteiger partial charge on any atom is -0.396 e. The van der Waals surface area contributed by atoms with Crippen molar-refractivity contribution >= 4 is 16.9 Å². The van der Waals surface area contributed by atoms with Crippen LogP contribution in [0.5, 0.6) is 0 Å². The Kier molecular flexibility index (Phi) is 4.52. The number of thioether (sulfide) groups is 1. The van der Waals surface area contributed by atoms with Gasteiger partial charge in [-0.05, 0) is 18.8 Å². The molecule has 2 heterocycles. The molecule has 3 rings (SSSR count). The maximum Gasteiger partial charge on any atom is 0.159 e. The zero-order valence-corrected chi connectivity index (χ0v) is 12.1. The second-order valence-corrected chi connectivity index (χ2v) is 6.83. The maximum absolute atomic E-state index is 10.1. The second-order valence-electron chi connectivity index (χ2n) is 5.74.